The summed E-state index contributed by atoms with van der Waals surface area (Å²) in [6, 6.07) is 0. The molecule has 0 bridgehead atoms. The van der Waals surface area contributed by atoms with Crippen LogP contribution < -0.4 is 0 Å². The molecule has 0 aliphatic carbocycles. The van der Waals surface area contributed by atoms with E-state index in [-0.39, 0.29) is 0 Å². The second-order valence-electron chi connectivity index (χ2n) is 5.94. The Morgan fingerprint density at radius 1 is 1.00 bits per heavy atom. The topological polar surface area (TPSA) is 17.8 Å². The molecule has 0 aromatic carbocycles. The zero-order chi connectivity index (χ0) is 14.8. The largest absolute Gasteiger partial charge is 0.274 e. The highest BCUT2D eigenvalue weighted by Crippen LogP contribution is 2.32. The fourth-order valence-electron chi connectivity index (χ4n) is 2.84. The zero-order valence-electron chi connectivity index (χ0n) is 13.5. The summed E-state index contributed by atoms with van der Waals surface area (Å²) >= 11 is 6.29. The van der Waals surface area contributed by atoms with Crippen molar-refractivity contribution in [3.8, 4) is 0 Å². The number of hydrogen-bond acceptors (Lipinski definition) is 1. The number of hydrogen-bond donors (Lipinski definition) is 0. The molecule has 2 nitrogen and oxygen atoms in total. The van der Waals surface area contributed by atoms with Gasteiger partial charge in [0.25, 0.3) is 0 Å². The van der Waals surface area contributed by atoms with Crippen LogP contribution in [0.3, 0.4) is 0 Å². The van der Waals surface area contributed by atoms with Gasteiger partial charge in [0.15, 0.2) is 5.15 Å². The summed E-state index contributed by atoms with van der Waals surface area (Å²) in [5.74, 6) is 0.602. The number of unbranched alkanes of at least 4 members (excludes halogenated alkanes) is 6. The van der Waals surface area contributed by atoms with E-state index < -0.39 is 0 Å². The van der Waals surface area contributed by atoms with Crippen molar-refractivity contribution in [3.05, 3.63) is 16.9 Å². The van der Waals surface area contributed by atoms with Gasteiger partial charge in [0.1, 0.15) is 0 Å². The minimum absolute atomic E-state index is 0.602. The molecule has 0 aliphatic heterocycles. The molecule has 1 aromatic rings. The van der Waals surface area contributed by atoms with Crippen molar-refractivity contribution in [2.24, 2.45) is 7.05 Å². The standard InChI is InChI=1S/C17H31ClN2/c1-4-6-8-10-12-15(13-11-9-7-5-2)16-14-20(3)19-17(16)18/h14-15H,4-13H2,1-3H3. The van der Waals surface area contributed by atoms with E-state index in [1.807, 2.05) is 11.7 Å². The molecule has 0 fully saturated rings. The summed E-state index contributed by atoms with van der Waals surface area (Å²) in [6.07, 6.45) is 15.3. The van der Waals surface area contributed by atoms with Gasteiger partial charge in [0, 0.05) is 18.8 Å². The predicted molar refractivity (Wildman–Crippen MR) is 88.5 cm³/mol. The maximum absolute atomic E-state index is 6.29. The molecule has 0 atom stereocenters. The molecule has 0 spiro atoms. The third-order valence-electron chi connectivity index (χ3n) is 4.06. The molecular formula is C17H31ClN2. The molecule has 1 rings (SSSR count). The van der Waals surface area contributed by atoms with Crippen molar-refractivity contribution in [1.29, 1.82) is 0 Å². The lowest BCUT2D eigenvalue weighted by Crippen LogP contribution is -1.99. The van der Waals surface area contributed by atoms with Gasteiger partial charge in [-0.25, -0.2) is 0 Å². The van der Waals surface area contributed by atoms with Crippen molar-refractivity contribution in [1.82, 2.24) is 9.78 Å². The number of aryl methyl sites for hydroxylation is 1. The van der Waals surface area contributed by atoms with Crippen LogP contribution in [-0.4, -0.2) is 9.78 Å². The van der Waals surface area contributed by atoms with Crippen LogP contribution >= 0.6 is 11.6 Å². The monoisotopic (exact) mass is 298 g/mol. The lowest BCUT2D eigenvalue weighted by Gasteiger charge is -2.16. The minimum atomic E-state index is 0.602. The number of nitrogens with zero attached hydrogens (tertiary/aromatic N) is 2. The SMILES string of the molecule is CCCCCCC(CCCCCC)c1cn(C)nc1Cl. The number of rotatable bonds is 11. The third-order valence-corrected chi connectivity index (χ3v) is 4.36. The van der Waals surface area contributed by atoms with E-state index in [2.05, 4.69) is 25.1 Å². The van der Waals surface area contributed by atoms with Crippen molar-refractivity contribution in [3.63, 3.8) is 0 Å². The Labute approximate surface area is 129 Å². The average Bonchev–Trinajstić information content (AvgIpc) is 2.76. The second kappa shape index (κ2) is 10.3. The first-order chi connectivity index (χ1) is 9.69. The highest BCUT2D eigenvalue weighted by atomic mass is 35.5. The van der Waals surface area contributed by atoms with E-state index in [9.17, 15) is 0 Å². The summed E-state index contributed by atoms with van der Waals surface area (Å²) in [5, 5.41) is 5.01. The maximum Gasteiger partial charge on any atom is 0.154 e. The van der Waals surface area contributed by atoms with Crippen molar-refractivity contribution in [2.75, 3.05) is 0 Å². The minimum Gasteiger partial charge on any atom is -0.274 e. The van der Waals surface area contributed by atoms with Crippen LogP contribution in [0.15, 0.2) is 6.20 Å². The Morgan fingerprint density at radius 2 is 1.55 bits per heavy atom. The van der Waals surface area contributed by atoms with Gasteiger partial charge in [0.05, 0.1) is 0 Å². The molecule has 0 radical (unpaired) electrons. The third kappa shape index (κ3) is 6.30. The second-order valence-corrected chi connectivity index (χ2v) is 6.30. The van der Waals surface area contributed by atoms with Crippen LogP contribution in [0.2, 0.25) is 5.15 Å². The van der Waals surface area contributed by atoms with E-state index in [4.69, 9.17) is 11.6 Å². The highest BCUT2D eigenvalue weighted by molar-refractivity contribution is 6.30. The summed E-state index contributed by atoms with van der Waals surface area (Å²) < 4.78 is 1.85. The van der Waals surface area contributed by atoms with Crippen LogP contribution in [0, 0.1) is 0 Å². The fraction of sp³-hybridized carbons (Fsp3) is 0.824. The summed E-state index contributed by atoms with van der Waals surface area (Å²) in [6.45, 7) is 4.53. The van der Waals surface area contributed by atoms with Crippen LogP contribution in [0.1, 0.15) is 89.5 Å². The normalized spacial score (nSPS) is 11.4. The predicted octanol–water partition coefficient (Wildman–Crippen LogP) is 6.10. The molecule has 0 aliphatic rings. The zero-order valence-corrected chi connectivity index (χ0v) is 14.3. The Morgan fingerprint density at radius 3 is 1.95 bits per heavy atom. The van der Waals surface area contributed by atoms with E-state index in [0.717, 1.165) is 0 Å². The molecule has 0 unspecified atom stereocenters. The smallest absolute Gasteiger partial charge is 0.154 e. The maximum atomic E-state index is 6.29. The average molecular weight is 299 g/mol. The fourth-order valence-corrected chi connectivity index (χ4v) is 3.17. The van der Waals surface area contributed by atoms with Gasteiger partial charge in [0.2, 0.25) is 0 Å². The van der Waals surface area contributed by atoms with Gasteiger partial charge in [-0.05, 0) is 18.8 Å². The lowest BCUT2D eigenvalue weighted by atomic mass is 9.90. The molecule has 0 saturated carbocycles. The van der Waals surface area contributed by atoms with E-state index in [1.54, 1.807) is 0 Å². The van der Waals surface area contributed by atoms with Gasteiger partial charge in [-0.15, -0.1) is 0 Å². The molecule has 0 amide bonds. The van der Waals surface area contributed by atoms with E-state index in [0.29, 0.717) is 11.1 Å². The molecule has 0 N–H and O–H groups in total. The Hall–Kier alpha value is -0.500. The van der Waals surface area contributed by atoms with Crippen LogP contribution in [0.25, 0.3) is 0 Å². The molecule has 1 aromatic heterocycles. The lowest BCUT2D eigenvalue weighted by molar-refractivity contribution is 0.496. The number of aromatic nitrogens is 2. The Kier molecular flexibility index (Phi) is 9.00. The first kappa shape index (κ1) is 17.6. The van der Waals surface area contributed by atoms with Gasteiger partial charge >= 0.3 is 0 Å². The number of halogens is 1. The van der Waals surface area contributed by atoms with Crippen molar-refractivity contribution >= 4 is 11.6 Å². The van der Waals surface area contributed by atoms with Gasteiger partial charge in [-0.1, -0.05) is 76.8 Å². The van der Waals surface area contributed by atoms with Gasteiger partial charge in [-0.2, -0.15) is 5.10 Å². The van der Waals surface area contributed by atoms with Crippen LogP contribution in [-0.2, 0) is 7.05 Å². The molecule has 1 heterocycles. The molecular weight excluding hydrogens is 268 g/mol. The van der Waals surface area contributed by atoms with E-state index >= 15 is 0 Å². The summed E-state index contributed by atoms with van der Waals surface area (Å²) in [7, 11) is 1.96. The molecule has 20 heavy (non-hydrogen) atoms. The molecule has 0 saturated heterocycles. The summed E-state index contributed by atoms with van der Waals surface area (Å²) in [4.78, 5) is 0. The first-order valence-electron chi connectivity index (χ1n) is 8.38. The van der Waals surface area contributed by atoms with Crippen LogP contribution in [0.4, 0.5) is 0 Å². The van der Waals surface area contributed by atoms with Gasteiger partial charge in [-0.3, -0.25) is 4.68 Å². The quantitative estimate of drug-likeness (QED) is 0.451. The Bertz CT molecular complexity index is 348. The molecule has 116 valence electrons. The van der Waals surface area contributed by atoms with Crippen molar-refractivity contribution < 1.29 is 0 Å². The van der Waals surface area contributed by atoms with Crippen LogP contribution in [0.5, 0.6) is 0 Å². The van der Waals surface area contributed by atoms with E-state index in [1.165, 1.54) is 69.8 Å². The summed E-state index contributed by atoms with van der Waals surface area (Å²) in [5.41, 5.74) is 1.27. The van der Waals surface area contributed by atoms with Crippen molar-refractivity contribution in [2.45, 2.75) is 84.0 Å². The van der Waals surface area contributed by atoms with Gasteiger partial charge < -0.3 is 0 Å². The first-order valence-corrected chi connectivity index (χ1v) is 8.75. The highest BCUT2D eigenvalue weighted by Gasteiger charge is 2.17. The molecule has 3 heteroatoms. The Balaban J connectivity index is 2.51.